The molecule has 1 saturated heterocycles. The Balaban J connectivity index is 1.32. The zero-order chi connectivity index (χ0) is 24.4. The molecule has 6 nitrogen and oxygen atoms in total. The van der Waals surface area contributed by atoms with Crippen molar-refractivity contribution in [2.45, 2.75) is 58.4 Å². The van der Waals surface area contributed by atoms with Crippen molar-refractivity contribution in [3.63, 3.8) is 0 Å². The molecule has 0 bridgehead atoms. The van der Waals surface area contributed by atoms with E-state index >= 15 is 0 Å². The molecule has 1 aromatic carbocycles. The molecule has 0 spiro atoms. The lowest BCUT2D eigenvalue weighted by Crippen LogP contribution is -2.50. The number of carbonyl (C=O) groups is 1. The van der Waals surface area contributed by atoms with Gasteiger partial charge in [0, 0.05) is 49.6 Å². The van der Waals surface area contributed by atoms with Crippen molar-refractivity contribution in [1.29, 1.82) is 0 Å². The third kappa shape index (κ3) is 5.24. The number of pyridine rings is 1. The molecular weight excluding hydrogens is 441 g/mol. The largest absolute Gasteiger partial charge is 0.353 e. The lowest BCUT2D eigenvalue weighted by atomic mass is 9.86. The van der Waals surface area contributed by atoms with Gasteiger partial charge < -0.3 is 9.80 Å². The predicted octanol–water partition coefficient (Wildman–Crippen LogP) is 5.10. The summed E-state index contributed by atoms with van der Waals surface area (Å²) >= 11 is 0. The van der Waals surface area contributed by atoms with E-state index < -0.39 is 0 Å². The monoisotopic (exact) mass is 475 g/mol. The molecule has 2 fully saturated rings. The Bertz CT molecular complexity index is 1190. The van der Waals surface area contributed by atoms with E-state index in [1.807, 2.05) is 27.9 Å². The van der Waals surface area contributed by atoms with E-state index in [1.54, 1.807) is 13.0 Å². The molecule has 0 N–H and O–H groups in total. The Hall–Kier alpha value is -3.22. The van der Waals surface area contributed by atoms with Crippen molar-refractivity contribution in [2.24, 2.45) is 0 Å². The van der Waals surface area contributed by atoms with E-state index in [2.05, 4.69) is 28.9 Å². The first-order valence-electron chi connectivity index (χ1n) is 12.8. The van der Waals surface area contributed by atoms with Crippen LogP contribution in [0, 0.1) is 19.7 Å². The van der Waals surface area contributed by atoms with Crippen molar-refractivity contribution in [1.82, 2.24) is 19.7 Å². The molecule has 1 aliphatic carbocycles. The molecule has 5 rings (SSSR count). The molecule has 3 aromatic rings. The lowest BCUT2D eigenvalue weighted by Gasteiger charge is -2.35. The van der Waals surface area contributed by atoms with Crippen LogP contribution < -0.4 is 4.90 Å². The quantitative estimate of drug-likeness (QED) is 0.515. The second-order valence-electron chi connectivity index (χ2n) is 9.97. The maximum absolute atomic E-state index is 13.8. The maximum Gasteiger partial charge on any atom is 0.244 e. The highest BCUT2D eigenvalue weighted by molar-refractivity contribution is 5.76. The molecule has 7 heteroatoms. The molecule has 0 unspecified atom stereocenters. The number of hydrogen-bond acceptors (Lipinski definition) is 4. The van der Waals surface area contributed by atoms with Crippen molar-refractivity contribution in [3.05, 3.63) is 65.2 Å². The number of anilines is 1. The minimum Gasteiger partial charge on any atom is -0.353 e. The van der Waals surface area contributed by atoms with Crippen LogP contribution >= 0.6 is 0 Å². The third-order valence-corrected chi connectivity index (χ3v) is 7.43. The van der Waals surface area contributed by atoms with Crippen LogP contribution in [0.1, 0.15) is 54.8 Å². The summed E-state index contributed by atoms with van der Waals surface area (Å²) in [5.74, 6) is 1.28. The summed E-state index contributed by atoms with van der Waals surface area (Å²) < 4.78 is 15.8. The summed E-state index contributed by atoms with van der Waals surface area (Å²) in [6.45, 7) is 6.99. The fraction of sp³-hybridized carbons (Fsp3) is 0.464. The fourth-order valence-corrected chi connectivity index (χ4v) is 5.34. The third-order valence-electron chi connectivity index (χ3n) is 7.43. The topological polar surface area (TPSA) is 54.3 Å². The Kier molecular flexibility index (Phi) is 6.84. The first-order valence-corrected chi connectivity index (χ1v) is 12.8. The predicted molar refractivity (Wildman–Crippen MR) is 136 cm³/mol. The molecule has 1 aliphatic heterocycles. The zero-order valence-electron chi connectivity index (χ0n) is 20.7. The Labute approximate surface area is 206 Å². The molecule has 0 atom stereocenters. The smallest absolute Gasteiger partial charge is 0.244 e. The normalized spacial score (nSPS) is 17.1. The van der Waals surface area contributed by atoms with Crippen LogP contribution in [-0.2, 0) is 11.3 Å². The number of amides is 1. The van der Waals surface area contributed by atoms with Gasteiger partial charge in [-0.1, -0.05) is 19.3 Å². The molecule has 35 heavy (non-hydrogen) atoms. The Morgan fingerprint density at radius 1 is 1.00 bits per heavy atom. The van der Waals surface area contributed by atoms with E-state index in [0.29, 0.717) is 24.6 Å². The van der Waals surface area contributed by atoms with Gasteiger partial charge in [-0.3, -0.25) is 9.48 Å². The Morgan fingerprint density at radius 2 is 1.77 bits per heavy atom. The van der Waals surface area contributed by atoms with Gasteiger partial charge in [-0.15, -0.1) is 0 Å². The van der Waals surface area contributed by atoms with Gasteiger partial charge in [0.2, 0.25) is 5.91 Å². The van der Waals surface area contributed by atoms with E-state index in [0.717, 1.165) is 48.7 Å². The highest BCUT2D eigenvalue weighted by atomic mass is 19.1. The highest BCUT2D eigenvalue weighted by Gasteiger charge is 2.26. The van der Waals surface area contributed by atoms with E-state index in [4.69, 9.17) is 5.10 Å². The minimum absolute atomic E-state index is 0.101. The minimum atomic E-state index is -0.212. The number of benzene rings is 1. The average molecular weight is 476 g/mol. The first kappa shape index (κ1) is 23.5. The number of rotatable bonds is 5. The second kappa shape index (κ2) is 10.2. The standard InChI is InChI=1S/C28H34FN5O/c1-20-10-11-30-27(16-20)32-12-14-33(15-13-32)28(35)19-34-26(22-6-4-3-5-7-22)18-25(31-34)23-8-9-24(29)21(2)17-23/h8-11,16-18,22H,3-7,12-15,19H2,1-2H3. The van der Waals surface area contributed by atoms with E-state index in [-0.39, 0.29) is 18.3 Å². The van der Waals surface area contributed by atoms with Crippen LogP contribution in [0.25, 0.3) is 11.3 Å². The van der Waals surface area contributed by atoms with Crippen LogP contribution in [0.15, 0.2) is 42.6 Å². The van der Waals surface area contributed by atoms with Gasteiger partial charge in [-0.2, -0.15) is 5.10 Å². The number of piperazine rings is 1. The summed E-state index contributed by atoms with van der Waals surface area (Å²) in [6.07, 6.45) is 7.79. The summed E-state index contributed by atoms with van der Waals surface area (Å²) in [7, 11) is 0. The molecule has 184 valence electrons. The van der Waals surface area contributed by atoms with Crippen molar-refractivity contribution in [3.8, 4) is 11.3 Å². The lowest BCUT2D eigenvalue weighted by molar-refractivity contribution is -0.132. The van der Waals surface area contributed by atoms with E-state index in [9.17, 15) is 9.18 Å². The average Bonchev–Trinajstić information content (AvgIpc) is 3.30. The summed E-state index contributed by atoms with van der Waals surface area (Å²) in [4.78, 5) is 22.0. The summed E-state index contributed by atoms with van der Waals surface area (Å²) in [5.41, 5.74) is 4.64. The maximum atomic E-state index is 13.8. The van der Waals surface area contributed by atoms with Crippen LogP contribution in [0.3, 0.4) is 0 Å². The molecule has 2 aromatic heterocycles. The van der Waals surface area contributed by atoms with Crippen LogP contribution in [-0.4, -0.2) is 51.8 Å². The zero-order valence-corrected chi connectivity index (χ0v) is 20.7. The van der Waals surface area contributed by atoms with Gasteiger partial charge in [0.25, 0.3) is 0 Å². The number of halogens is 1. The van der Waals surface area contributed by atoms with Crippen LogP contribution in [0.4, 0.5) is 10.2 Å². The van der Waals surface area contributed by atoms with Gasteiger partial charge in [0.05, 0.1) is 5.69 Å². The number of nitrogens with zero attached hydrogens (tertiary/aromatic N) is 5. The fourth-order valence-electron chi connectivity index (χ4n) is 5.34. The molecule has 3 heterocycles. The van der Waals surface area contributed by atoms with E-state index in [1.165, 1.54) is 30.9 Å². The molecule has 0 radical (unpaired) electrons. The van der Waals surface area contributed by atoms with Crippen molar-refractivity contribution in [2.75, 3.05) is 31.1 Å². The summed E-state index contributed by atoms with van der Waals surface area (Å²) in [5, 5.41) is 4.86. The first-order chi connectivity index (χ1) is 17.0. The SMILES string of the molecule is Cc1ccnc(N2CCN(C(=O)Cn3nc(-c4ccc(F)c(C)c4)cc3C3CCCCC3)CC2)c1. The number of hydrogen-bond donors (Lipinski definition) is 0. The van der Waals surface area contributed by atoms with Crippen LogP contribution in [0.2, 0.25) is 0 Å². The van der Waals surface area contributed by atoms with Crippen molar-refractivity contribution >= 4 is 11.7 Å². The van der Waals surface area contributed by atoms with Gasteiger partial charge in [0.1, 0.15) is 18.2 Å². The van der Waals surface area contributed by atoms with Crippen LogP contribution in [0.5, 0.6) is 0 Å². The van der Waals surface area contributed by atoms with Gasteiger partial charge >= 0.3 is 0 Å². The molecule has 1 saturated carbocycles. The number of carbonyl (C=O) groups excluding carboxylic acids is 1. The van der Waals surface area contributed by atoms with Gasteiger partial charge in [-0.25, -0.2) is 9.37 Å². The second-order valence-corrected chi connectivity index (χ2v) is 9.97. The van der Waals surface area contributed by atoms with Crippen molar-refractivity contribution < 1.29 is 9.18 Å². The number of aryl methyl sites for hydroxylation is 2. The number of aromatic nitrogens is 3. The summed E-state index contributed by atoms with van der Waals surface area (Å²) in [6, 6.07) is 11.3. The Morgan fingerprint density at radius 3 is 2.49 bits per heavy atom. The molecule has 1 amide bonds. The molecule has 2 aliphatic rings. The van der Waals surface area contributed by atoms with Gasteiger partial charge in [0.15, 0.2) is 0 Å². The molecular formula is C28H34FN5O. The highest BCUT2D eigenvalue weighted by Crippen LogP contribution is 2.35. The van der Waals surface area contributed by atoms with Gasteiger partial charge in [-0.05, 0) is 74.2 Å².